The maximum Gasteiger partial charge on any atom is 0.336 e. The number of aliphatic hydroxyl groups is 3. The van der Waals surface area contributed by atoms with Crippen molar-refractivity contribution in [3.05, 3.63) is 11.8 Å². The summed E-state index contributed by atoms with van der Waals surface area (Å²) in [4.78, 5) is 0. The lowest BCUT2D eigenvalue weighted by Crippen LogP contribution is -1.99. The van der Waals surface area contributed by atoms with Crippen molar-refractivity contribution in [3.63, 3.8) is 0 Å². The number of hydrogen-bond acceptors (Lipinski definition) is 6. The highest BCUT2D eigenvalue weighted by Gasteiger charge is 1.87. The van der Waals surface area contributed by atoms with E-state index in [9.17, 15) is 0 Å². The van der Waals surface area contributed by atoms with Gasteiger partial charge < -0.3 is 33.4 Å². The van der Waals surface area contributed by atoms with Crippen molar-refractivity contribution in [1.82, 2.24) is 12.3 Å². The Balaban J connectivity index is -0.000000125. The van der Waals surface area contributed by atoms with Crippen molar-refractivity contribution in [2.24, 2.45) is 5.73 Å². The van der Waals surface area contributed by atoms with Gasteiger partial charge in [-0.15, -0.1) is 0 Å². The average molecular weight is 125 g/mol. The summed E-state index contributed by atoms with van der Waals surface area (Å²) in [6.45, 7) is 0. The Labute approximate surface area is 46.4 Å². The van der Waals surface area contributed by atoms with Gasteiger partial charge in [0.05, 0.1) is 0 Å². The van der Waals surface area contributed by atoms with Crippen molar-refractivity contribution < 1.29 is 15.3 Å². The van der Waals surface area contributed by atoms with Crippen LogP contribution in [0.15, 0.2) is 11.8 Å². The van der Waals surface area contributed by atoms with Crippen LogP contribution in [0, 0.1) is 0 Å². The SMILES string of the molecule is N.N.NC(O)=C(O)O. The van der Waals surface area contributed by atoms with Gasteiger partial charge >= 0.3 is 5.95 Å². The zero-order chi connectivity index (χ0) is 5.15. The van der Waals surface area contributed by atoms with Crippen LogP contribution in [0.3, 0.4) is 0 Å². The molecule has 0 spiro atoms. The molecule has 0 bridgehead atoms. The number of hydrogen-bond donors (Lipinski definition) is 6. The third-order valence-corrected chi connectivity index (χ3v) is 0.229. The largest absolute Gasteiger partial charge is 0.490 e. The topological polar surface area (TPSA) is 157 Å². The van der Waals surface area contributed by atoms with E-state index in [1.807, 2.05) is 0 Å². The average Bonchev–Trinajstić information content (AvgIpc) is 1.36. The molecule has 0 aliphatic heterocycles. The van der Waals surface area contributed by atoms with Crippen LogP contribution >= 0.6 is 0 Å². The fraction of sp³-hybridized carbons (Fsp3) is 0. The zero-order valence-electron chi connectivity index (χ0n) is 4.33. The summed E-state index contributed by atoms with van der Waals surface area (Å²) in [5.41, 5.74) is 4.37. The highest BCUT2D eigenvalue weighted by molar-refractivity contribution is 4.80. The normalized spacial score (nSPS) is 5.50. The maximum absolute atomic E-state index is 7.79. The summed E-state index contributed by atoms with van der Waals surface area (Å²) in [6.07, 6.45) is 0. The molecule has 0 aliphatic rings. The van der Waals surface area contributed by atoms with Crippen LogP contribution in [0.4, 0.5) is 0 Å². The molecule has 11 N–H and O–H groups in total. The molecular formula is C2H11N3O3. The highest BCUT2D eigenvalue weighted by atomic mass is 16.5. The molecule has 0 rings (SSSR count). The maximum atomic E-state index is 7.79. The molecule has 0 heterocycles. The molecule has 0 aliphatic carbocycles. The summed E-state index contributed by atoms with van der Waals surface area (Å²) >= 11 is 0. The van der Waals surface area contributed by atoms with Crippen molar-refractivity contribution in [3.8, 4) is 0 Å². The number of rotatable bonds is 0. The van der Waals surface area contributed by atoms with Gasteiger partial charge in [-0.05, 0) is 0 Å². The summed E-state index contributed by atoms with van der Waals surface area (Å²) < 4.78 is 0. The van der Waals surface area contributed by atoms with E-state index in [1.54, 1.807) is 0 Å². The minimum absolute atomic E-state index is 0. The summed E-state index contributed by atoms with van der Waals surface area (Å²) in [6, 6.07) is 0. The molecule has 0 saturated carbocycles. The predicted molar refractivity (Wildman–Crippen MR) is 29.1 cm³/mol. The second-order valence-electron chi connectivity index (χ2n) is 0.709. The molecule has 0 atom stereocenters. The van der Waals surface area contributed by atoms with Crippen LogP contribution in [-0.4, -0.2) is 15.3 Å². The van der Waals surface area contributed by atoms with Gasteiger partial charge in [-0.1, -0.05) is 0 Å². The first-order valence-corrected chi connectivity index (χ1v) is 1.21. The van der Waals surface area contributed by atoms with Crippen LogP contribution in [0.2, 0.25) is 0 Å². The van der Waals surface area contributed by atoms with E-state index in [4.69, 9.17) is 15.3 Å². The smallest absolute Gasteiger partial charge is 0.336 e. The van der Waals surface area contributed by atoms with Gasteiger partial charge in [0.2, 0.25) is 0 Å². The van der Waals surface area contributed by atoms with Gasteiger partial charge in [0.15, 0.2) is 0 Å². The fourth-order valence-electron chi connectivity index (χ4n) is 0. The minimum atomic E-state index is -1.24. The van der Waals surface area contributed by atoms with Crippen molar-refractivity contribution >= 4 is 0 Å². The molecule has 52 valence electrons. The van der Waals surface area contributed by atoms with Crippen LogP contribution in [0.1, 0.15) is 0 Å². The molecule has 8 heavy (non-hydrogen) atoms. The third kappa shape index (κ3) is 8.85. The molecule has 0 amide bonds. The van der Waals surface area contributed by atoms with Gasteiger partial charge in [0.25, 0.3) is 5.88 Å². The van der Waals surface area contributed by atoms with Crippen LogP contribution in [0.5, 0.6) is 0 Å². The van der Waals surface area contributed by atoms with Crippen LogP contribution in [0.25, 0.3) is 0 Å². The zero-order valence-corrected chi connectivity index (χ0v) is 4.33. The molecule has 0 aromatic carbocycles. The Bertz CT molecular complexity index is 62.6. The Kier molecular flexibility index (Phi) is 11.6. The van der Waals surface area contributed by atoms with Gasteiger partial charge in [-0.3, -0.25) is 0 Å². The Morgan fingerprint density at radius 2 is 1.12 bits per heavy atom. The van der Waals surface area contributed by atoms with E-state index in [2.05, 4.69) is 5.73 Å². The highest BCUT2D eigenvalue weighted by Crippen LogP contribution is 1.77. The predicted octanol–water partition coefficient (Wildman–Crippen LogP) is 0.0697. The van der Waals surface area contributed by atoms with E-state index in [1.165, 1.54) is 0 Å². The fourth-order valence-corrected chi connectivity index (χ4v) is 0. The lowest BCUT2D eigenvalue weighted by molar-refractivity contribution is 0.157. The first kappa shape index (κ1) is 15.8. The summed E-state index contributed by atoms with van der Waals surface area (Å²) in [5, 5.41) is 23.2. The molecule has 6 heteroatoms. The summed E-state index contributed by atoms with van der Waals surface area (Å²) in [7, 11) is 0. The lowest BCUT2D eigenvalue weighted by Gasteiger charge is -1.84. The first-order valence-electron chi connectivity index (χ1n) is 1.21. The number of aliphatic hydroxyl groups excluding tert-OH is 2. The molecule has 0 saturated heterocycles. The standard InChI is InChI=1S/C2H5NO3.2H3N/c3-1(4)2(5)6;;/h4-6H,3H2;2*1H3. The second-order valence-corrected chi connectivity index (χ2v) is 0.709. The lowest BCUT2D eigenvalue weighted by atomic mass is 10.9. The molecule has 0 unspecified atom stereocenters. The Morgan fingerprint density at radius 1 is 1.00 bits per heavy atom. The minimum Gasteiger partial charge on any atom is -0.490 e. The molecular weight excluding hydrogens is 114 g/mol. The van der Waals surface area contributed by atoms with Crippen molar-refractivity contribution in [2.45, 2.75) is 0 Å². The van der Waals surface area contributed by atoms with E-state index in [-0.39, 0.29) is 12.3 Å². The second kappa shape index (κ2) is 5.86. The molecule has 0 radical (unpaired) electrons. The number of nitrogens with two attached hydrogens (primary N) is 1. The van der Waals surface area contributed by atoms with Crippen LogP contribution in [-0.2, 0) is 0 Å². The van der Waals surface area contributed by atoms with E-state index < -0.39 is 11.8 Å². The molecule has 0 aromatic rings. The van der Waals surface area contributed by atoms with Gasteiger partial charge in [-0.2, -0.15) is 0 Å². The van der Waals surface area contributed by atoms with E-state index in [0.29, 0.717) is 0 Å². The summed E-state index contributed by atoms with van der Waals surface area (Å²) in [5.74, 6) is -2.20. The third-order valence-electron chi connectivity index (χ3n) is 0.229. The molecule has 0 fully saturated rings. The van der Waals surface area contributed by atoms with Crippen LogP contribution < -0.4 is 18.0 Å². The van der Waals surface area contributed by atoms with Gasteiger partial charge in [0, 0.05) is 0 Å². The van der Waals surface area contributed by atoms with Gasteiger partial charge in [-0.25, -0.2) is 0 Å². The quantitative estimate of drug-likeness (QED) is 0.251. The monoisotopic (exact) mass is 125 g/mol. The van der Waals surface area contributed by atoms with E-state index in [0.717, 1.165) is 0 Å². The Morgan fingerprint density at radius 3 is 1.12 bits per heavy atom. The van der Waals surface area contributed by atoms with E-state index >= 15 is 0 Å². The molecule has 6 nitrogen and oxygen atoms in total. The van der Waals surface area contributed by atoms with Crippen molar-refractivity contribution in [1.29, 1.82) is 0 Å². The van der Waals surface area contributed by atoms with Gasteiger partial charge in [0.1, 0.15) is 0 Å². The van der Waals surface area contributed by atoms with Crippen molar-refractivity contribution in [2.75, 3.05) is 0 Å². The molecule has 0 aromatic heterocycles. The first-order chi connectivity index (χ1) is 2.64. The Hall–Kier alpha value is -1.14.